The van der Waals surface area contributed by atoms with E-state index in [0.29, 0.717) is 17.8 Å². The van der Waals surface area contributed by atoms with Crippen LogP contribution in [0.5, 0.6) is 0 Å². The SMILES string of the molecule is CC1C2CC3C1C3(O)C2C. The Kier molecular flexibility index (Phi) is 0.658. The maximum Gasteiger partial charge on any atom is 0.0742 e. The molecule has 4 aliphatic rings. The molecule has 1 nitrogen and oxygen atoms in total. The quantitative estimate of drug-likeness (QED) is 0.534. The molecular formula is C9H14O. The molecule has 1 heteroatoms. The molecule has 1 N–H and O–H groups in total. The van der Waals surface area contributed by atoms with Gasteiger partial charge in [-0.1, -0.05) is 13.8 Å². The van der Waals surface area contributed by atoms with Crippen LogP contribution in [-0.4, -0.2) is 10.7 Å². The average Bonchev–Trinajstić information content (AvgIpc) is 2.16. The highest BCUT2D eigenvalue weighted by molar-refractivity contribution is 5.29. The second-order valence-electron chi connectivity index (χ2n) is 4.57. The zero-order chi connectivity index (χ0) is 7.09. The highest BCUT2D eigenvalue weighted by Gasteiger charge is 2.80. The van der Waals surface area contributed by atoms with Gasteiger partial charge in [0.1, 0.15) is 0 Å². The van der Waals surface area contributed by atoms with E-state index >= 15 is 0 Å². The minimum absolute atomic E-state index is 0.177. The molecule has 6 unspecified atom stereocenters. The summed E-state index contributed by atoms with van der Waals surface area (Å²) in [6.45, 7) is 4.55. The third-order valence-electron chi connectivity index (χ3n) is 4.59. The van der Waals surface area contributed by atoms with Gasteiger partial charge in [0.05, 0.1) is 5.60 Å². The molecule has 0 aromatic rings. The van der Waals surface area contributed by atoms with Crippen molar-refractivity contribution in [1.82, 2.24) is 0 Å². The Bertz CT molecular complexity index is 193. The highest BCUT2D eigenvalue weighted by Crippen LogP contribution is 2.77. The van der Waals surface area contributed by atoms with Gasteiger partial charge >= 0.3 is 0 Å². The van der Waals surface area contributed by atoms with Gasteiger partial charge in [-0.2, -0.15) is 0 Å². The molecule has 4 rings (SSSR count). The molecule has 10 heavy (non-hydrogen) atoms. The molecule has 4 saturated carbocycles. The number of rotatable bonds is 0. The fraction of sp³-hybridized carbons (Fsp3) is 1.00. The summed E-state index contributed by atoms with van der Waals surface area (Å²) in [6.07, 6.45) is 1.32. The standard InChI is InChI=1S/C9H14O/c1-4-6-3-7-8(4)9(7,10)5(6)2/h4-8,10H,3H2,1-2H3. The lowest BCUT2D eigenvalue weighted by Gasteiger charge is -2.13. The van der Waals surface area contributed by atoms with Crippen molar-refractivity contribution < 1.29 is 5.11 Å². The summed E-state index contributed by atoms with van der Waals surface area (Å²) in [5, 5.41) is 10.0. The van der Waals surface area contributed by atoms with Crippen molar-refractivity contribution in [2.75, 3.05) is 0 Å². The fourth-order valence-corrected chi connectivity index (χ4v) is 4.04. The summed E-state index contributed by atoms with van der Waals surface area (Å²) >= 11 is 0. The van der Waals surface area contributed by atoms with E-state index < -0.39 is 0 Å². The first-order chi connectivity index (χ1) is 4.67. The second-order valence-corrected chi connectivity index (χ2v) is 4.57. The largest absolute Gasteiger partial charge is 0.389 e. The van der Waals surface area contributed by atoms with Crippen LogP contribution in [0.25, 0.3) is 0 Å². The Labute approximate surface area is 61.4 Å². The highest BCUT2D eigenvalue weighted by atomic mass is 16.3. The minimum atomic E-state index is -0.177. The van der Waals surface area contributed by atoms with Crippen molar-refractivity contribution in [2.45, 2.75) is 25.9 Å². The van der Waals surface area contributed by atoms with Gasteiger partial charge in [0.25, 0.3) is 0 Å². The number of hydrogen-bond donors (Lipinski definition) is 1. The fourth-order valence-electron chi connectivity index (χ4n) is 4.04. The lowest BCUT2D eigenvalue weighted by Crippen LogP contribution is -2.17. The first-order valence-corrected chi connectivity index (χ1v) is 4.39. The molecule has 0 aliphatic heterocycles. The van der Waals surface area contributed by atoms with Crippen molar-refractivity contribution in [3.63, 3.8) is 0 Å². The van der Waals surface area contributed by atoms with Gasteiger partial charge in [-0.25, -0.2) is 0 Å². The van der Waals surface area contributed by atoms with Gasteiger partial charge in [0.15, 0.2) is 0 Å². The molecule has 0 aromatic heterocycles. The molecule has 0 amide bonds. The minimum Gasteiger partial charge on any atom is -0.389 e. The van der Waals surface area contributed by atoms with Crippen LogP contribution in [0.15, 0.2) is 0 Å². The third-order valence-corrected chi connectivity index (χ3v) is 4.59. The average molecular weight is 138 g/mol. The summed E-state index contributed by atoms with van der Waals surface area (Å²) < 4.78 is 0. The summed E-state index contributed by atoms with van der Waals surface area (Å²) in [7, 11) is 0. The monoisotopic (exact) mass is 138 g/mol. The molecule has 0 radical (unpaired) electrons. The lowest BCUT2D eigenvalue weighted by atomic mass is 9.94. The van der Waals surface area contributed by atoms with E-state index in [-0.39, 0.29) is 5.60 Å². The predicted octanol–water partition coefficient (Wildman–Crippen LogP) is 1.27. The maximum atomic E-state index is 10.0. The molecule has 0 heterocycles. The van der Waals surface area contributed by atoms with E-state index in [1.54, 1.807) is 0 Å². The van der Waals surface area contributed by atoms with E-state index in [9.17, 15) is 5.11 Å². The van der Waals surface area contributed by atoms with E-state index in [2.05, 4.69) is 13.8 Å². The smallest absolute Gasteiger partial charge is 0.0742 e. The first-order valence-electron chi connectivity index (χ1n) is 4.39. The summed E-state index contributed by atoms with van der Waals surface area (Å²) in [6, 6.07) is 0. The molecular weight excluding hydrogens is 124 g/mol. The second kappa shape index (κ2) is 1.18. The molecule has 4 fully saturated rings. The molecule has 0 aromatic carbocycles. The first kappa shape index (κ1) is 5.59. The molecule has 4 bridgehead atoms. The van der Waals surface area contributed by atoms with Gasteiger partial charge in [-0.3, -0.25) is 0 Å². The predicted molar refractivity (Wildman–Crippen MR) is 38.4 cm³/mol. The number of hydrogen-bond acceptors (Lipinski definition) is 1. The van der Waals surface area contributed by atoms with E-state index in [1.807, 2.05) is 0 Å². The molecule has 6 atom stereocenters. The lowest BCUT2D eigenvalue weighted by molar-refractivity contribution is 0.0946. The van der Waals surface area contributed by atoms with Crippen molar-refractivity contribution in [2.24, 2.45) is 29.6 Å². The van der Waals surface area contributed by atoms with Gasteiger partial charge in [0.2, 0.25) is 0 Å². The van der Waals surface area contributed by atoms with Crippen LogP contribution < -0.4 is 0 Å². The van der Waals surface area contributed by atoms with Gasteiger partial charge in [0, 0.05) is 0 Å². The maximum absolute atomic E-state index is 10.0. The summed E-state index contributed by atoms with van der Waals surface area (Å²) in [5.41, 5.74) is -0.177. The normalized spacial score (nSPS) is 76.5. The number of aliphatic hydroxyl groups is 1. The Morgan fingerprint density at radius 3 is 2.20 bits per heavy atom. The summed E-state index contributed by atoms with van der Waals surface area (Å²) in [4.78, 5) is 0. The third kappa shape index (κ3) is 0.298. The Balaban J connectivity index is 2.11. The van der Waals surface area contributed by atoms with Crippen LogP contribution in [0, 0.1) is 29.6 Å². The zero-order valence-electron chi connectivity index (χ0n) is 6.54. The van der Waals surface area contributed by atoms with Crippen LogP contribution in [0.2, 0.25) is 0 Å². The van der Waals surface area contributed by atoms with Crippen LogP contribution >= 0.6 is 0 Å². The molecule has 56 valence electrons. The van der Waals surface area contributed by atoms with Crippen molar-refractivity contribution >= 4 is 0 Å². The van der Waals surface area contributed by atoms with Crippen LogP contribution in [0.3, 0.4) is 0 Å². The van der Waals surface area contributed by atoms with Crippen LogP contribution in [-0.2, 0) is 0 Å². The van der Waals surface area contributed by atoms with Gasteiger partial charge in [-0.05, 0) is 36.0 Å². The van der Waals surface area contributed by atoms with Crippen LogP contribution in [0.4, 0.5) is 0 Å². The molecule has 0 spiro atoms. The van der Waals surface area contributed by atoms with Gasteiger partial charge < -0.3 is 5.11 Å². The van der Waals surface area contributed by atoms with Crippen LogP contribution in [0.1, 0.15) is 20.3 Å². The Morgan fingerprint density at radius 2 is 2.10 bits per heavy atom. The Hall–Kier alpha value is -0.0400. The van der Waals surface area contributed by atoms with E-state index in [0.717, 1.165) is 11.8 Å². The molecule has 0 saturated heterocycles. The summed E-state index contributed by atoms with van der Waals surface area (Å²) in [5.74, 6) is 3.71. The van der Waals surface area contributed by atoms with Crippen molar-refractivity contribution in [3.8, 4) is 0 Å². The van der Waals surface area contributed by atoms with Gasteiger partial charge in [-0.15, -0.1) is 0 Å². The Morgan fingerprint density at radius 1 is 1.40 bits per heavy atom. The topological polar surface area (TPSA) is 20.2 Å². The zero-order valence-corrected chi connectivity index (χ0v) is 6.54. The van der Waals surface area contributed by atoms with Crippen molar-refractivity contribution in [1.29, 1.82) is 0 Å². The van der Waals surface area contributed by atoms with Crippen molar-refractivity contribution in [3.05, 3.63) is 0 Å². The van der Waals surface area contributed by atoms with E-state index in [4.69, 9.17) is 0 Å². The van der Waals surface area contributed by atoms with E-state index in [1.165, 1.54) is 6.42 Å². The molecule has 4 aliphatic carbocycles.